The van der Waals surface area contributed by atoms with E-state index in [2.05, 4.69) is 5.73 Å². The molecule has 4 N–H and O–H groups in total. The van der Waals surface area contributed by atoms with Crippen LogP contribution in [0.15, 0.2) is 0 Å². The zero-order valence-corrected chi connectivity index (χ0v) is 4.35. The van der Waals surface area contributed by atoms with Crippen LogP contribution in [0.1, 0.15) is 6.92 Å². The topological polar surface area (TPSA) is 64.9 Å². The first-order valence-electron chi connectivity index (χ1n) is 2.20. The van der Waals surface area contributed by atoms with Gasteiger partial charge in [0.05, 0.1) is 6.54 Å². The molecular weight excluding hydrogens is 94.0 g/mol. The van der Waals surface area contributed by atoms with Crippen molar-refractivity contribution in [2.45, 2.75) is 6.92 Å². The molecule has 0 fully saturated rings. The van der Waals surface area contributed by atoms with Crippen LogP contribution in [0.3, 0.4) is 0 Å². The summed E-state index contributed by atoms with van der Waals surface area (Å²) < 4.78 is 0. The lowest BCUT2D eigenvalue weighted by Gasteiger charge is -1.94. The quantitative estimate of drug-likeness (QED) is 0.469. The summed E-state index contributed by atoms with van der Waals surface area (Å²) in [5, 5.41) is 8.14. The molecule has 0 bridgehead atoms. The average molecular weight is 104 g/mol. The maximum absolute atomic E-state index is 9.89. The minimum atomic E-state index is -0.769. The molecule has 0 aromatic heterocycles. The van der Waals surface area contributed by atoms with Crippen LogP contribution in [0.5, 0.6) is 0 Å². The first-order chi connectivity index (χ1) is 3.18. The Morgan fingerprint density at radius 3 is 2.43 bits per heavy atom. The van der Waals surface area contributed by atoms with Gasteiger partial charge in [0.25, 0.3) is 0 Å². The van der Waals surface area contributed by atoms with Crippen LogP contribution in [0.4, 0.5) is 0 Å². The molecule has 0 rings (SSSR count). The van der Waals surface area contributed by atoms with E-state index < -0.39 is 5.97 Å². The van der Waals surface area contributed by atoms with Gasteiger partial charge in [0.2, 0.25) is 0 Å². The van der Waals surface area contributed by atoms with E-state index >= 15 is 0 Å². The van der Waals surface area contributed by atoms with Crippen molar-refractivity contribution in [2.24, 2.45) is 5.92 Å². The smallest absolute Gasteiger partial charge is 0.311 e. The average Bonchev–Trinajstić information content (AvgIpc) is 1.65. The van der Waals surface area contributed by atoms with Crippen LogP contribution in [0.2, 0.25) is 0 Å². The molecule has 1 atom stereocenters. The van der Waals surface area contributed by atoms with Gasteiger partial charge in [-0.1, -0.05) is 0 Å². The lowest BCUT2D eigenvalue weighted by molar-refractivity contribution is -0.375. The second-order valence-electron chi connectivity index (χ2n) is 1.53. The van der Waals surface area contributed by atoms with E-state index in [0.29, 0.717) is 6.54 Å². The van der Waals surface area contributed by atoms with Gasteiger partial charge >= 0.3 is 5.97 Å². The minimum absolute atomic E-state index is 0.292. The normalized spacial score (nSPS) is 13.4. The van der Waals surface area contributed by atoms with Gasteiger partial charge in [0.15, 0.2) is 0 Å². The number of hydrogen-bond acceptors (Lipinski definition) is 1. The predicted molar refractivity (Wildman–Crippen MR) is 24.6 cm³/mol. The van der Waals surface area contributed by atoms with Crippen molar-refractivity contribution >= 4 is 5.97 Å². The molecule has 42 valence electrons. The monoisotopic (exact) mass is 104 g/mol. The Bertz CT molecular complexity index is 72.1. The fourth-order valence-electron chi connectivity index (χ4n) is 0.123. The molecule has 0 aliphatic heterocycles. The molecule has 0 aromatic rings. The highest BCUT2D eigenvalue weighted by molar-refractivity contribution is 5.69. The van der Waals surface area contributed by atoms with Gasteiger partial charge in [-0.3, -0.25) is 4.79 Å². The van der Waals surface area contributed by atoms with Gasteiger partial charge < -0.3 is 10.8 Å². The van der Waals surface area contributed by atoms with Gasteiger partial charge in [-0.2, -0.15) is 0 Å². The summed E-state index contributed by atoms with van der Waals surface area (Å²) in [5.74, 6) is -1.06. The van der Waals surface area contributed by atoms with E-state index in [9.17, 15) is 4.79 Å². The van der Waals surface area contributed by atoms with Crippen molar-refractivity contribution in [1.82, 2.24) is 0 Å². The molecule has 0 aliphatic rings. The predicted octanol–water partition coefficient (Wildman–Crippen LogP) is -1.05. The third-order valence-corrected chi connectivity index (χ3v) is 0.855. The Labute approximate surface area is 42.1 Å². The number of carboxylic acid groups (broad SMARTS) is 1. The molecular formula is C4H10NO2+. The molecule has 0 saturated heterocycles. The highest BCUT2D eigenvalue weighted by Gasteiger charge is 2.08. The van der Waals surface area contributed by atoms with E-state index in [4.69, 9.17) is 5.11 Å². The summed E-state index contributed by atoms with van der Waals surface area (Å²) in [5.41, 5.74) is 3.43. The molecule has 0 aliphatic carbocycles. The molecule has 0 aromatic carbocycles. The zero-order valence-electron chi connectivity index (χ0n) is 4.35. The van der Waals surface area contributed by atoms with Gasteiger partial charge in [0.1, 0.15) is 5.92 Å². The summed E-state index contributed by atoms with van der Waals surface area (Å²) >= 11 is 0. The van der Waals surface area contributed by atoms with Gasteiger partial charge in [0, 0.05) is 0 Å². The van der Waals surface area contributed by atoms with Crippen molar-refractivity contribution in [3.05, 3.63) is 0 Å². The second-order valence-corrected chi connectivity index (χ2v) is 1.53. The fourth-order valence-corrected chi connectivity index (χ4v) is 0.123. The van der Waals surface area contributed by atoms with E-state index in [-0.39, 0.29) is 5.92 Å². The van der Waals surface area contributed by atoms with E-state index in [1.807, 2.05) is 0 Å². The number of carboxylic acids is 1. The number of rotatable bonds is 2. The summed E-state index contributed by atoms with van der Waals surface area (Å²) in [4.78, 5) is 9.89. The Hall–Kier alpha value is -0.570. The van der Waals surface area contributed by atoms with Crippen LogP contribution < -0.4 is 5.73 Å². The molecule has 0 saturated carbocycles. The molecule has 3 nitrogen and oxygen atoms in total. The van der Waals surface area contributed by atoms with Gasteiger partial charge in [-0.05, 0) is 6.92 Å². The Morgan fingerprint density at radius 2 is 2.43 bits per heavy atom. The number of quaternary nitrogens is 1. The maximum Gasteiger partial charge on any atom is 0.311 e. The Morgan fingerprint density at radius 1 is 2.00 bits per heavy atom. The van der Waals surface area contributed by atoms with E-state index in [1.54, 1.807) is 6.92 Å². The molecule has 0 amide bonds. The molecule has 0 heterocycles. The highest BCUT2D eigenvalue weighted by Crippen LogP contribution is 1.85. The van der Waals surface area contributed by atoms with Crippen LogP contribution in [0.25, 0.3) is 0 Å². The lowest BCUT2D eigenvalue weighted by Crippen LogP contribution is -2.54. The minimum Gasteiger partial charge on any atom is -0.481 e. The van der Waals surface area contributed by atoms with Crippen LogP contribution in [0, 0.1) is 5.92 Å². The van der Waals surface area contributed by atoms with Crippen molar-refractivity contribution in [3.8, 4) is 0 Å². The van der Waals surface area contributed by atoms with Crippen molar-refractivity contribution in [1.29, 1.82) is 0 Å². The summed E-state index contributed by atoms with van der Waals surface area (Å²) in [6.45, 7) is 2.10. The SMILES string of the molecule is CC(C[NH3+])C(=O)O. The standard InChI is InChI=1S/C4H9NO2/c1-3(2-5)4(6)7/h3H,2,5H2,1H3,(H,6,7)/p+1. The second kappa shape index (κ2) is 2.58. The van der Waals surface area contributed by atoms with Crippen LogP contribution >= 0.6 is 0 Å². The maximum atomic E-state index is 9.89. The lowest BCUT2D eigenvalue weighted by atomic mass is 10.2. The Kier molecular flexibility index (Phi) is 2.37. The first-order valence-corrected chi connectivity index (χ1v) is 2.20. The fraction of sp³-hybridized carbons (Fsp3) is 0.750. The number of carbonyl (C=O) groups is 1. The third kappa shape index (κ3) is 2.17. The summed E-state index contributed by atoms with van der Waals surface area (Å²) in [6, 6.07) is 0. The summed E-state index contributed by atoms with van der Waals surface area (Å²) in [6.07, 6.45) is 0. The van der Waals surface area contributed by atoms with E-state index in [1.165, 1.54) is 0 Å². The molecule has 1 unspecified atom stereocenters. The van der Waals surface area contributed by atoms with Crippen molar-refractivity contribution < 1.29 is 15.6 Å². The number of aliphatic carboxylic acids is 1. The van der Waals surface area contributed by atoms with Gasteiger partial charge in [-0.15, -0.1) is 0 Å². The van der Waals surface area contributed by atoms with Gasteiger partial charge in [-0.25, -0.2) is 0 Å². The van der Waals surface area contributed by atoms with E-state index in [0.717, 1.165) is 0 Å². The summed E-state index contributed by atoms with van der Waals surface area (Å²) in [7, 11) is 0. The largest absolute Gasteiger partial charge is 0.481 e. The first kappa shape index (κ1) is 6.43. The third-order valence-electron chi connectivity index (χ3n) is 0.855. The molecule has 0 radical (unpaired) electrons. The zero-order chi connectivity index (χ0) is 5.86. The van der Waals surface area contributed by atoms with Crippen LogP contribution in [-0.4, -0.2) is 17.6 Å². The number of hydrogen-bond donors (Lipinski definition) is 2. The highest BCUT2D eigenvalue weighted by atomic mass is 16.4. The van der Waals surface area contributed by atoms with Crippen molar-refractivity contribution in [3.63, 3.8) is 0 Å². The van der Waals surface area contributed by atoms with Crippen molar-refractivity contribution in [2.75, 3.05) is 6.54 Å². The molecule has 3 heteroatoms. The molecule has 7 heavy (non-hydrogen) atoms. The molecule has 0 spiro atoms. The Balaban J connectivity index is 3.34. The van der Waals surface area contributed by atoms with Crippen LogP contribution in [-0.2, 0) is 4.79 Å².